The number of nitrogens with zero attached hydrogens (tertiary/aromatic N) is 4. The van der Waals surface area contributed by atoms with Crippen LogP contribution in [0.4, 0.5) is 5.82 Å². The van der Waals surface area contributed by atoms with Crippen LogP contribution in [0.25, 0.3) is 16.9 Å². The summed E-state index contributed by atoms with van der Waals surface area (Å²) in [6.07, 6.45) is 4.11. The first-order valence-electron chi connectivity index (χ1n) is 11.2. The molecule has 2 aromatic heterocycles. The molecule has 1 fully saturated rings. The average Bonchev–Trinajstić information content (AvgIpc) is 3.21. The summed E-state index contributed by atoms with van der Waals surface area (Å²) in [5.74, 6) is 1.41. The number of likely N-dealkylation sites (tertiary alicyclic amines) is 1. The molecule has 9 heteroatoms. The van der Waals surface area contributed by atoms with Gasteiger partial charge in [0.1, 0.15) is 5.82 Å². The molecule has 4 aromatic rings. The van der Waals surface area contributed by atoms with Gasteiger partial charge in [0.2, 0.25) is 0 Å². The Morgan fingerprint density at radius 2 is 1.88 bits per heavy atom. The molecule has 3 heterocycles. The Labute approximate surface area is 222 Å². The van der Waals surface area contributed by atoms with E-state index >= 15 is 0 Å². The second kappa shape index (κ2) is 10.4. The molecule has 0 radical (unpaired) electrons. The Kier molecular flexibility index (Phi) is 7.32. The number of piperidine rings is 1. The average molecular weight is 580 g/mol. The number of nitrogens with one attached hydrogen (secondary N) is 1. The molecule has 0 saturated carbocycles. The highest BCUT2D eigenvalue weighted by Crippen LogP contribution is 2.31. The van der Waals surface area contributed by atoms with Gasteiger partial charge in [0.05, 0.1) is 26.4 Å². The van der Waals surface area contributed by atoms with Crippen molar-refractivity contribution in [1.82, 2.24) is 19.5 Å². The summed E-state index contributed by atoms with van der Waals surface area (Å²) in [5.41, 5.74) is 3.65. The van der Waals surface area contributed by atoms with Crippen LogP contribution in [0.2, 0.25) is 15.1 Å². The van der Waals surface area contributed by atoms with Gasteiger partial charge in [-0.25, -0.2) is 4.98 Å². The van der Waals surface area contributed by atoms with E-state index < -0.39 is 0 Å². The second-order valence-corrected chi connectivity index (χ2v) is 10.7. The number of anilines is 1. The lowest BCUT2D eigenvalue weighted by Crippen LogP contribution is -2.37. The van der Waals surface area contributed by atoms with Crippen LogP contribution < -0.4 is 5.32 Å². The van der Waals surface area contributed by atoms with Crippen molar-refractivity contribution in [3.05, 3.63) is 79.8 Å². The smallest absolute Gasteiger partial charge is 0.172 e. The van der Waals surface area contributed by atoms with Gasteiger partial charge in [-0.15, -0.1) is 0 Å². The van der Waals surface area contributed by atoms with Gasteiger partial charge in [-0.2, -0.15) is 9.61 Å². The van der Waals surface area contributed by atoms with Gasteiger partial charge in [-0.3, -0.25) is 4.90 Å². The molecule has 5 rings (SSSR count). The SMILES string of the molecule is Clc1ccc(CN2CCCC(CNc3cc(-c4ccccc4Cl)nc4c(Br)cnn34)C2)cc1Cl. The fraction of sp³-hybridized carbons (Fsp3) is 0.280. The van der Waals surface area contributed by atoms with Gasteiger partial charge in [0, 0.05) is 36.3 Å². The van der Waals surface area contributed by atoms with E-state index in [9.17, 15) is 0 Å². The van der Waals surface area contributed by atoms with E-state index in [2.05, 4.69) is 37.3 Å². The van der Waals surface area contributed by atoms with Gasteiger partial charge >= 0.3 is 0 Å². The van der Waals surface area contributed by atoms with Crippen molar-refractivity contribution in [3.8, 4) is 11.3 Å². The van der Waals surface area contributed by atoms with Gasteiger partial charge in [-0.1, -0.05) is 59.1 Å². The zero-order chi connectivity index (χ0) is 23.7. The number of rotatable bonds is 6. The topological polar surface area (TPSA) is 45.5 Å². The van der Waals surface area contributed by atoms with Crippen LogP contribution in [0.1, 0.15) is 18.4 Å². The Morgan fingerprint density at radius 3 is 2.71 bits per heavy atom. The van der Waals surface area contributed by atoms with Gasteiger partial charge in [-0.05, 0) is 65.0 Å². The van der Waals surface area contributed by atoms with E-state index in [1.165, 1.54) is 12.0 Å². The predicted octanol–water partition coefficient (Wildman–Crippen LogP) is 7.44. The second-order valence-electron chi connectivity index (χ2n) is 8.61. The van der Waals surface area contributed by atoms with E-state index in [4.69, 9.17) is 39.8 Å². The third-order valence-electron chi connectivity index (χ3n) is 6.14. The third-order valence-corrected chi connectivity index (χ3v) is 7.77. The summed E-state index contributed by atoms with van der Waals surface area (Å²) < 4.78 is 2.68. The van der Waals surface area contributed by atoms with E-state index in [-0.39, 0.29) is 0 Å². The lowest BCUT2D eigenvalue weighted by Gasteiger charge is -2.33. The quantitative estimate of drug-likeness (QED) is 0.258. The minimum Gasteiger partial charge on any atom is -0.370 e. The lowest BCUT2D eigenvalue weighted by atomic mass is 9.97. The number of fused-ring (bicyclic) bond motifs is 1. The van der Waals surface area contributed by atoms with E-state index in [1.807, 2.05) is 47.0 Å². The van der Waals surface area contributed by atoms with E-state index in [0.717, 1.165) is 59.8 Å². The number of benzene rings is 2. The van der Waals surface area contributed by atoms with Crippen molar-refractivity contribution in [3.63, 3.8) is 0 Å². The molecule has 1 atom stereocenters. The van der Waals surface area contributed by atoms with Crippen LogP contribution in [-0.2, 0) is 6.54 Å². The van der Waals surface area contributed by atoms with Crippen LogP contribution in [0.15, 0.2) is 59.2 Å². The lowest BCUT2D eigenvalue weighted by molar-refractivity contribution is 0.173. The van der Waals surface area contributed by atoms with E-state index in [0.29, 0.717) is 21.0 Å². The zero-order valence-corrected chi connectivity index (χ0v) is 22.2. The summed E-state index contributed by atoms with van der Waals surface area (Å²) in [5, 5.41) is 10.0. The first kappa shape index (κ1) is 23.9. The molecule has 176 valence electrons. The Bertz CT molecular complexity index is 1330. The molecule has 34 heavy (non-hydrogen) atoms. The Morgan fingerprint density at radius 1 is 1.03 bits per heavy atom. The number of aromatic nitrogens is 3. The van der Waals surface area contributed by atoms with Gasteiger partial charge < -0.3 is 5.32 Å². The van der Waals surface area contributed by atoms with Crippen LogP contribution >= 0.6 is 50.7 Å². The van der Waals surface area contributed by atoms with Gasteiger partial charge in [0.25, 0.3) is 0 Å². The van der Waals surface area contributed by atoms with Gasteiger partial charge in [0.15, 0.2) is 5.65 Å². The molecule has 1 aliphatic rings. The van der Waals surface area contributed by atoms with Crippen LogP contribution in [-0.4, -0.2) is 39.1 Å². The van der Waals surface area contributed by atoms with E-state index in [1.54, 1.807) is 6.20 Å². The number of hydrogen-bond acceptors (Lipinski definition) is 4. The largest absolute Gasteiger partial charge is 0.370 e. The van der Waals surface area contributed by atoms with Crippen molar-refractivity contribution >= 4 is 62.2 Å². The van der Waals surface area contributed by atoms with Crippen molar-refractivity contribution in [2.24, 2.45) is 5.92 Å². The molecule has 0 spiro atoms. The molecule has 1 unspecified atom stereocenters. The summed E-state index contributed by atoms with van der Waals surface area (Å²) in [7, 11) is 0. The normalized spacial score (nSPS) is 16.8. The molecule has 1 aliphatic heterocycles. The molecule has 1 saturated heterocycles. The molecule has 0 aliphatic carbocycles. The fourth-order valence-electron chi connectivity index (χ4n) is 4.48. The van der Waals surface area contributed by atoms with Crippen molar-refractivity contribution in [1.29, 1.82) is 0 Å². The first-order valence-corrected chi connectivity index (χ1v) is 13.1. The predicted molar refractivity (Wildman–Crippen MR) is 144 cm³/mol. The zero-order valence-electron chi connectivity index (χ0n) is 18.3. The first-order chi connectivity index (χ1) is 16.5. The maximum Gasteiger partial charge on any atom is 0.172 e. The summed E-state index contributed by atoms with van der Waals surface area (Å²) in [6.45, 7) is 3.81. The molecular weight excluding hydrogens is 557 g/mol. The van der Waals surface area contributed by atoms with Crippen LogP contribution in [0, 0.1) is 5.92 Å². The Hall–Kier alpha value is -1.83. The molecule has 2 aromatic carbocycles. The summed E-state index contributed by atoms with van der Waals surface area (Å²) in [6, 6.07) is 15.7. The fourth-order valence-corrected chi connectivity index (χ4v) is 5.38. The highest BCUT2D eigenvalue weighted by molar-refractivity contribution is 9.10. The highest BCUT2D eigenvalue weighted by atomic mass is 79.9. The summed E-state index contributed by atoms with van der Waals surface area (Å²) >= 11 is 22.3. The minimum absolute atomic E-state index is 0.516. The molecular formula is C25H23BrCl3N5. The Balaban J connectivity index is 1.32. The number of halogens is 4. The van der Waals surface area contributed by atoms with Crippen molar-refractivity contribution < 1.29 is 0 Å². The molecule has 0 bridgehead atoms. The highest BCUT2D eigenvalue weighted by Gasteiger charge is 2.21. The van der Waals surface area contributed by atoms with Crippen LogP contribution in [0.5, 0.6) is 0 Å². The van der Waals surface area contributed by atoms with Crippen molar-refractivity contribution in [2.45, 2.75) is 19.4 Å². The molecule has 0 amide bonds. The maximum absolute atomic E-state index is 6.46. The summed E-state index contributed by atoms with van der Waals surface area (Å²) in [4.78, 5) is 7.28. The van der Waals surface area contributed by atoms with Crippen LogP contribution in [0.3, 0.4) is 0 Å². The minimum atomic E-state index is 0.516. The number of hydrogen-bond donors (Lipinski definition) is 1. The molecule has 1 N–H and O–H groups in total. The third kappa shape index (κ3) is 5.21. The molecule has 5 nitrogen and oxygen atoms in total. The maximum atomic E-state index is 6.46. The monoisotopic (exact) mass is 577 g/mol. The standard InChI is InChI=1S/C25H23BrCl3N5/c26-19-13-31-34-24(11-23(32-25(19)34)18-5-1-2-6-20(18)27)30-12-17-4-3-9-33(15-17)14-16-7-8-21(28)22(29)10-16/h1-2,5-8,10-11,13,17,30H,3-4,9,12,14-15H2. The van der Waals surface area contributed by atoms with Crippen molar-refractivity contribution in [2.75, 3.05) is 25.0 Å².